The van der Waals surface area contributed by atoms with Crippen LogP contribution in [0.1, 0.15) is 113 Å². The fourth-order valence-electron chi connectivity index (χ4n) is 18.1. The second-order valence-electron chi connectivity index (χ2n) is 26.5. The van der Waals surface area contributed by atoms with Crippen LogP contribution in [0.4, 0.5) is 0 Å². The zero-order valence-electron chi connectivity index (χ0n) is 46.1. The van der Waals surface area contributed by atoms with Gasteiger partial charge in [-0.1, -0.05) is 53.7 Å². The summed E-state index contributed by atoms with van der Waals surface area (Å²) in [6.45, 7) is 19.1. The fourth-order valence-corrected chi connectivity index (χ4v) is 18.1. The molecular weight excluding hydrogens is 1030 g/mol. The molecule has 0 amide bonds. The smallest absolute Gasteiger partial charge is 0.315 e. The third kappa shape index (κ3) is 9.22. The lowest BCUT2D eigenvalue weighted by Gasteiger charge is -2.75. The number of carbonyl (C=O) groups excluding carboxylic acids is 1. The summed E-state index contributed by atoms with van der Waals surface area (Å²) < 4.78 is 47.2. The molecule has 14 N–H and O–H groups in total. The number of aliphatic hydroxyl groups is 14. The molecule has 78 heavy (non-hydrogen) atoms. The van der Waals surface area contributed by atoms with Crippen LogP contribution < -0.4 is 0 Å². The topological polar surface area (TPSA) is 374 Å². The van der Waals surface area contributed by atoms with Gasteiger partial charge in [0.2, 0.25) is 6.29 Å². The van der Waals surface area contributed by atoms with E-state index >= 15 is 4.79 Å². The van der Waals surface area contributed by atoms with Crippen molar-refractivity contribution in [2.45, 2.75) is 248 Å². The van der Waals surface area contributed by atoms with E-state index in [4.69, 9.17) is 37.9 Å². The monoisotopic (exact) mass is 1120 g/mol. The number of rotatable bonds is 12. The minimum atomic E-state index is -1.92. The van der Waals surface area contributed by atoms with E-state index in [0.29, 0.717) is 44.9 Å². The van der Waals surface area contributed by atoms with Gasteiger partial charge in [-0.3, -0.25) is 4.79 Å². The van der Waals surface area contributed by atoms with Crippen LogP contribution in [-0.2, 0) is 42.7 Å². The first-order valence-corrected chi connectivity index (χ1v) is 28.2. The average Bonchev–Trinajstić information content (AvgIpc) is 1.86. The predicted octanol–water partition coefficient (Wildman–Crippen LogP) is -1.79. The maximum Gasteiger partial charge on any atom is 0.315 e. The van der Waals surface area contributed by atoms with Gasteiger partial charge < -0.3 is 109 Å². The van der Waals surface area contributed by atoms with Crippen molar-refractivity contribution in [3.8, 4) is 0 Å². The lowest BCUT2D eigenvalue weighted by atomic mass is 9.29. The molecule has 23 heteroatoms. The fraction of sp³-hybridized carbons (Fsp3) is 0.945. The standard InChI is InChI=1S/C55H90O23/c1-22(2)24-10-15-55(49(70)78-48-41(68)37(64)34(61)28(75-48)21-71-45-42(69)38(65)43(27(20-57)74-45)77-46-39(66)35(62)32(59)23(3)72-46)17-16-52(7)30(54(24,55)9)18-25(58)44-51(6)13-12-31(50(4,5)29(51)11-14-53(44,52)8)76-47-40(67)36(63)33(60)26(19-56)73-47/h23-48,56-69H,1,10-21H2,2-9H3. The first-order valence-electron chi connectivity index (χ1n) is 28.2. The van der Waals surface area contributed by atoms with Crippen molar-refractivity contribution < 1.29 is 114 Å². The zero-order chi connectivity index (χ0) is 57.3. The molecule has 0 aromatic heterocycles. The van der Waals surface area contributed by atoms with E-state index in [2.05, 4.69) is 48.1 Å². The molecule has 448 valence electrons. The Balaban J connectivity index is 0.908. The minimum Gasteiger partial charge on any atom is -0.432 e. The molecule has 0 aromatic rings. The largest absolute Gasteiger partial charge is 0.432 e. The lowest BCUT2D eigenvalue weighted by molar-refractivity contribution is -0.362. The van der Waals surface area contributed by atoms with Gasteiger partial charge in [-0.05, 0) is 122 Å². The maximum atomic E-state index is 15.4. The van der Waals surface area contributed by atoms with Gasteiger partial charge in [-0.15, -0.1) is 0 Å². The highest BCUT2D eigenvalue weighted by Gasteiger charge is 2.78. The van der Waals surface area contributed by atoms with Crippen LogP contribution in [0.3, 0.4) is 0 Å². The highest BCUT2D eigenvalue weighted by Crippen LogP contribution is 2.81. The quantitative estimate of drug-likeness (QED) is 0.0583. The first-order chi connectivity index (χ1) is 36.4. The van der Waals surface area contributed by atoms with Crippen LogP contribution in [0.5, 0.6) is 0 Å². The van der Waals surface area contributed by atoms with Crippen LogP contribution in [0.15, 0.2) is 12.2 Å². The molecule has 9 rings (SSSR count). The van der Waals surface area contributed by atoms with Crippen molar-refractivity contribution in [3.05, 3.63) is 12.2 Å². The average molecular weight is 1120 g/mol. The van der Waals surface area contributed by atoms with Crippen LogP contribution in [-0.4, -0.2) is 232 Å². The summed E-state index contributed by atoms with van der Waals surface area (Å²) in [5, 5.41) is 152. The van der Waals surface area contributed by atoms with E-state index in [-0.39, 0.29) is 29.1 Å². The number of allylic oxidation sites excluding steroid dienone is 1. The number of aliphatic hydroxyl groups excluding tert-OH is 14. The molecule has 31 unspecified atom stereocenters. The molecule has 23 nitrogen and oxygen atoms in total. The summed E-state index contributed by atoms with van der Waals surface area (Å²) in [7, 11) is 0. The van der Waals surface area contributed by atoms with Crippen molar-refractivity contribution in [2.24, 2.45) is 56.2 Å². The summed E-state index contributed by atoms with van der Waals surface area (Å²) in [4.78, 5) is 15.4. The second kappa shape index (κ2) is 21.8. The molecule has 4 saturated heterocycles. The molecular formula is C55H90O23. The first kappa shape index (κ1) is 60.9. The molecule has 9 aliphatic rings. The van der Waals surface area contributed by atoms with Gasteiger partial charge in [-0.2, -0.15) is 0 Å². The van der Waals surface area contributed by atoms with E-state index in [0.717, 1.165) is 18.4 Å². The van der Waals surface area contributed by atoms with Crippen LogP contribution in [0.25, 0.3) is 0 Å². The van der Waals surface area contributed by atoms with Gasteiger partial charge in [0.1, 0.15) is 91.6 Å². The van der Waals surface area contributed by atoms with E-state index in [1.165, 1.54) is 6.92 Å². The van der Waals surface area contributed by atoms with E-state index in [1.807, 2.05) is 6.92 Å². The summed E-state index contributed by atoms with van der Waals surface area (Å²) >= 11 is 0. The second-order valence-corrected chi connectivity index (χ2v) is 26.5. The highest BCUT2D eigenvalue weighted by molar-refractivity contribution is 5.79. The molecule has 0 spiro atoms. The van der Waals surface area contributed by atoms with Crippen LogP contribution >= 0.6 is 0 Å². The highest BCUT2D eigenvalue weighted by atomic mass is 16.8. The zero-order valence-corrected chi connectivity index (χ0v) is 46.1. The Bertz CT molecular complexity index is 2150. The molecule has 5 saturated carbocycles. The van der Waals surface area contributed by atoms with Gasteiger partial charge in [0.15, 0.2) is 18.9 Å². The minimum absolute atomic E-state index is 0.0425. The number of hydrogen-bond acceptors (Lipinski definition) is 23. The molecule has 5 aliphatic carbocycles. The third-order valence-electron chi connectivity index (χ3n) is 22.5. The van der Waals surface area contributed by atoms with Crippen molar-refractivity contribution in [1.29, 1.82) is 0 Å². The molecule has 4 aliphatic heterocycles. The number of hydrogen-bond donors (Lipinski definition) is 14. The Kier molecular flexibility index (Phi) is 17.0. The summed E-state index contributed by atoms with van der Waals surface area (Å²) in [6, 6.07) is 0. The SMILES string of the molecule is C=C(C)C1CCC2(C(=O)OC3OC(COC4OC(CO)C(OC5OC(C)C(O)C(O)C5O)C(O)C4O)C(O)C(O)C3O)CCC3(C)C(CC(O)C4C5(C)CCC(OC6OC(CO)C(O)C(O)C6O)C(C)(C)C5CCC43C)C12C. The number of esters is 1. The van der Waals surface area contributed by atoms with E-state index < -0.39 is 188 Å². The summed E-state index contributed by atoms with van der Waals surface area (Å²) in [5.74, 6) is -1.21. The molecule has 0 aromatic carbocycles. The third-order valence-corrected chi connectivity index (χ3v) is 22.5. The van der Waals surface area contributed by atoms with Crippen LogP contribution in [0.2, 0.25) is 0 Å². The number of carbonyl (C=O) groups is 1. The lowest BCUT2D eigenvalue weighted by Crippen LogP contribution is -2.72. The van der Waals surface area contributed by atoms with E-state index in [9.17, 15) is 71.5 Å². The summed E-state index contributed by atoms with van der Waals surface area (Å²) in [5.41, 5.74) is -2.89. The predicted molar refractivity (Wildman–Crippen MR) is 267 cm³/mol. The van der Waals surface area contributed by atoms with Gasteiger partial charge in [0, 0.05) is 0 Å². The van der Waals surface area contributed by atoms with E-state index in [1.54, 1.807) is 0 Å². The van der Waals surface area contributed by atoms with Crippen molar-refractivity contribution >= 4 is 5.97 Å². The van der Waals surface area contributed by atoms with Crippen LogP contribution in [0, 0.1) is 56.2 Å². The molecule has 0 radical (unpaired) electrons. The Morgan fingerprint density at radius 1 is 0.564 bits per heavy atom. The molecule has 4 heterocycles. The van der Waals surface area contributed by atoms with Gasteiger partial charge in [0.25, 0.3) is 0 Å². The Hall–Kier alpha value is -1.63. The summed E-state index contributed by atoms with van der Waals surface area (Å²) in [6.07, 6.45) is -28.0. The van der Waals surface area contributed by atoms with Crippen molar-refractivity contribution in [1.82, 2.24) is 0 Å². The molecule has 31 atom stereocenters. The van der Waals surface area contributed by atoms with Gasteiger partial charge >= 0.3 is 5.97 Å². The maximum absolute atomic E-state index is 15.4. The number of ether oxygens (including phenoxy) is 8. The Morgan fingerprint density at radius 3 is 1.76 bits per heavy atom. The Labute approximate surface area is 455 Å². The Morgan fingerprint density at radius 2 is 1.13 bits per heavy atom. The van der Waals surface area contributed by atoms with Gasteiger partial charge in [0.05, 0.1) is 43.5 Å². The van der Waals surface area contributed by atoms with Crippen molar-refractivity contribution in [2.75, 3.05) is 19.8 Å². The normalized spacial score (nSPS) is 55.9. The van der Waals surface area contributed by atoms with Gasteiger partial charge in [-0.25, -0.2) is 0 Å². The molecule has 0 bridgehead atoms. The van der Waals surface area contributed by atoms with Crippen molar-refractivity contribution in [3.63, 3.8) is 0 Å². The molecule has 9 fully saturated rings. The number of fused-ring (bicyclic) bond motifs is 7.